The van der Waals surface area contributed by atoms with Crippen LogP contribution in [0.15, 0.2) is 12.1 Å². The number of anilines is 1. The van der Waals surface area contributed by atoms with E-state index in [1.165, 1.54) is 17.7 Å². The molecule has 1 atom stereocenters. The number of rotatable bonds is 3. The van der Waals surface area contributed by atoms with E-state index in [0.29, 0.717) is 12.5 Å². The molecule has 4 heteroatoms. The normalized spacial score (nSPS) is 19.3. The van der Waals surface area contributed by atoms with E-state index >= 15 is 0 Å². The van der Waals surface area contributed by atoms with Gasteiger partial charge >= 0.3 is 0 Å². The van der Waals surface area contributed by atoms with Crippen LogP contribution in [0.5, 0.6) is 5.75 Å². The summed E-state index contributed by atoms with van der Waals surface area (Å²) in [4.78, 5) is 2.27. The highest BCUT2D eigenvalue weighted by molar-refractivity contribution is 6.33. The highest BCUT2D eigenvalue weighted by Crippen LogP contribution is 2.43. The molecule has 2 N–H and O–H groups in total. The summed E-state index contributed by atoms with van der Waals surface area (Å²) < 4.78 is 5.33. The van der Waals surface area contributed by atoms with Gasteiger partial charge in [0.1, 0.15) is 5.75 Å². The molecule has 1 unspecified atom stereocenters. The van der Waals surface area contributed by atoms with Crippen molar-refractivity contribution in [3.8, 4) is 5.75 Å². The molecule has 0 amide bonds. The highest BCUT2D eigenvalue weighted by Gasteiger charge is 2.25. The summed E-state index contributed by atoms with van der Waals surface area (Å²) in [6.45, 7) is 1.76. The Hall–Kier alpha value is -0.930. The molecule has 100 valence electrons. The highest BCUT2D eigenvalue weighted by atomic mass is 35.5. The van der Waals surface area contributed by atoms with Crippen molar-refractivity contribution in [1.29, 1.82) is 0 Å². The van der Waals surface area contributed by atoms with Gasteiger partial charge in [0.15, 0.2) is 0 Å². The Kier molecular flexibility index (Phi) is 4.36. The molecule has 0 bridgehead atoms. The Bertz CT molecular complexity index is 423. The second-order valence-corrected chi connectivity index (χ2v) is 5.23. The van der Waals surface area contributed by atoms with Crippen LogP contribution < -0.4 is 15.4 Å². The maximum Gasteiger partial charge on any atom is 0.137 e. The number of ether oxygens (including phenoxy) is 1. The van der Waals surface area contributed by atoms with Crippen LogP contribution in [-0.2, 0) is 0 Å². The summed E-state index contributed by atoms with van der Waals surface area (Å²) >= 11 is 6.50. The van der Waals surface area contributed by atoms with Gasteiger partial charge in [0.25, 0.3) is 0 Å². The maximum absolute atomic E-state index is 6.50. The van der Waals surface area contributed by atoms with Crippen molar-refractivity contribution in [2.24, 2.45) is 5.73 Å². The summed E-state index contributed by atoms with van der Waals surface area (Å²) in [5.41, 5.74) is 8.16. The van der Waals surface area contributed by atoms with E-state index in [1.807, 2.05) is 6.07 Å². The summed E-state index contributed by atoms with van der Waals surface area (Å²) in [6, 6.07) is 4.05. The lowest BCUT2D eigenvalue weighted by atomic mass is 9.91. The van der Waals surface area contributed by atoms with Gasteiger partial charge in [-0.3, -0.25) is 0 Å². The molecule has 0 fully saturated rings. The van der Waals surface area contributed by atoms with Crippen LogP contribution in [0, 0.1) is 0 Å². The lowest BCUT2D eigenvalue weighted by molar-refractivity contribution is 0.414. The van der Waals surface area contributed by atoms with Gasteiger partial charge in [0, 0.05) is 24.8 Å². The molecular weight excluding hydrogens is 248 g/mol. The number of nitrogens with zero attached hydrogens (tertiary/aromatic N) is 1. The van der Waals surface area contributed by atoms with Crippen LogP contribution in [0.3, 0.4) is 0 Å². The van der Waals surface area contributed by atoms with Gasteiger partial charge in [-0.2, -0.15) is 0 Å². The Morgan fingerprint density at radius 1 is 1.50 bits per heavy atom. The number of halogens is 1. The predicted molar refractivity (Wildman–Crippen MR) is 76.9 cm³/mol. The van der Waals surface area contributed by atoms with Crippen LogP contribution in [0.4, 0.5) is 5.69 Å². The Labute approximate surface area is 114 Å². The maximum atomic E-state index is 6.50. The van der Waals surface area contributed by atoms with E-state index in [9.17, 15) is 0 Å². The predicted octanol–water partition coefficient (Wildman–Crippen LogP) is 3.01. The molecule has 1 heterocycles. The first-order chi connectivity index (χ1) is 8.69. The van der Waals surface area contributed by atoms with Gasteiger partial charge in [-0.15, -0.1) is 0 Å². The lowest BCUT2D eigenvalue weighted by Crippen LogP contribution is -2.18. The fourth-order valence-electron chi connectivity index (χ4n) is 2.77. The van der Waals surface area contributed by atoms with Gasteiger partial charge in [0.2, 0.25) is 0 Å². The zero-order valence-electron chi connectivity index (χ0n) is 11.1. The third kappa shape index (κ3) is 2.43. The minimum absolute atomic E-state index is 0.442. The number of methoxy groups -OCH3 is 1. The Balaban J connectivity index is 2.52. The van der Waals surface area contributed by atoms with Crippen molar-refractivity contribution in [1.82, 2.24) is 0 Å². The molecule has 0 aliphatic carbocycles. The van der Waals surface area contributed by atoms with E-state index in [4.69, 9.17) is 22.1 Å². The van der Waals surface area contributed by atoms with Gasteiger partial charge in [-0.25, -0.2) is 0 Å². The van der Waals surface area contributed by atoms with Crippen molar-refractivity contribution in [3.05, 3.63) is 22.7 Å². The van der Waals surface area contributed by atoms with Crippen LogP contribution in [0.2, 0.25) is 5.02 Å². The van der Waals surface area contributed by atoms with Crippen LogP contribution >= 0.6 is 11.6 Å². The minimum Gasteiger partial charge on any atom is -0.495 e. The van der Waals surface area contributed by atoms with E-state index in [2.05, 4.69) is 18.0 Å². The zero-order valence-corrected chi connectivity index (χ0v) is 11.8. The molecule has 1 aromatic carbocycles. The molecule has 0 radical (unpaired) electrons. The first-order valence-corrected chi connectivity index (χ1v) is 6.84. The van der Waals surface area contributed by atoms with Crippen LogP contribution in [0.1, 0.15) is 30.7 Å². The smallest absolute Gasteiger partial charge is 0.137 e. The van der Waals surface area contributed by atoms with Crippen molar-refractivity contribution < 1.29 is 4.74 Å². The minimum atomic E-state index is 0.442. The average Bonchev–Trinajstić information content (AvgIpc) is 2.51. The molecule has 3 nitrogen and oxygen atoms in total. The third-order valence-corrected chi connectivity index (χ3v) is 4.11. The third-order valence-electron chi connectivity index (χ3n) is 3.72. The molecule has 1 aromatic rings. The molecule has 1 aliphatic heterocycles. The lowest BCUT2D eigenvalue weighted by Gasteiger charge is -2.23. The van der Waals surface area contributed by atoms with Crippen molar-refractivity contribution >= 4 is 17.3 Å². The first-order valence-electron chi connectivity index (χ1n) is 6.46. The quantitative estimate of drug-likeness (QED) is 0.916. The van der Waals surface area contributed by atoms with Crippen LogP contribution in [0.25, 0.3) is 0 Å². The largest absolute Gasteiger partial charge is 0.495 e. The molecule has 2 rings (SSSR count). The van der Waals surface area contributed by atoms with Crippen molar-refractivity contribution in [3.63, 3.8) is 0 Å². The second kappa shape index (κ2) is 5.81. The Morgan fingerprint density at radius 2 is 2.28 bits per heavy atom. The SMILES string of the molecule is COc1ccc2c(c1Cl)C(CCN)CCCN2C. The van der Waals surface area contributed by atoms with E-state index in [-0.39, 0.29) is 0 Å². The van der Waals surface area contributed by atoms with Crippen molar-refractivity contribution in [2.75, 3.05) is 32.1 Å². The van der Waals surface area contributed by atoms with E-state index < -0.39 is 0 Å². The topological polar surface area (TPSA) is 38.5 Å². The number of hydrogen-bond donors (Lipinski definition) is 1. The molecule has 0 saturated heterocycles. The molecule has 0 aromatic heterocycles. The molecule has 18 heavy (non-hydrogen) atoms. The number of hydrogen-bond acceptors (Lipinski definition) is 3. The van der Waals surface area contributed by atoms with Gasteiger partial charge < -0.3 is 15.4 Å². The monoisotopic (exact) mass is 268 g/mol. The van der Waals surface area contributed by atoms with Gasteiger partial charge in [-0.05, 0) is 43.9 Å². The number of fused-ring (bicyclic) bond motifs is 1. The molecule has 0 saturated carbocycles. The van der Waals surface area contributed by atoms with Gasteiger partial charge in [0.05, 0.1) is 12.1 Å². The number of nitrogens with two attached hydrogens (primary N) is 1. The molecular formula is C14H21ClN2O. The van der Waals surface area contributed by atoms with E-state index in [0.717, 1.165) is 30.2 Å². The fraction of sp³-hybridized carbons (Fsp3) is 0.571. The Morgan fingerprint density at radius 3 is 2.94 bits per heavy atom. The van der Waals surface area contributed by atoms with E-state index in [1.54, 1.807) is 7.11 Å². The molecule has 1 aliphatic rings. The summed E-state index contributed by atoms with van der Waals surface area (Å²) in [6.07, 6.45) is 3.30. The second-order valence-electron chi connectivity index (χ2n) is 4.85. The zero-order chi connectivity index (χ0) is 13.1. The van der Waals surface area contributed by atoms with Gasteiger partial charge in [-0.1, -0.05) is 11.6 Å². The van der Waals surface area contributed by atoms with Crippen molar-refractivity contribution in [2.45, 2.75) is 25.2 Å². The fourth-order valence-corrected chi connectivity index (χ4v) is 3.16. The standard InChI is InChI=1S/C14H21ClN2O/c1-17-9-3-4-10(7-8-16)13-11(17)5-6-12(18-2)14(13)15/h5-6,10H,3-4,7-9,16H2,1-2H3. The van der Waals surface area contributed by atoms with Crippen LogP contribution in [-0.4, -0.2) is 27.2 Å². The average molecular weight is 269 g/mol. The number of benzene rings is 1. The summed E-state index contributed by atoms with van der Waals surface area (Å²) in [7, 11) is 3.78. The summed E-state index contributed by atoms with van der Waals surface area (Å²) in [5, 5.41) is 0.752. The summed E-state index contributed by atoms with van der Waals surface area (Å²) in [5.74, 6) is 1.20. The first kappa shape index (κ1) is 13.5. The molecule has 0 spiro atoms.